The minimum Gasteiger partial charge on any atom is -0.382 e. The first kappa shape index (κ1) is 17.7. The summed E-state index contributed by atoms with van der Waals surface area (Å²) in [6.45, 7) is 3.65. The van der Waals surface area contributed by atoms with Gasteiger partial charge in [-0.05, 0) is 31.5 Å². The quantitative estimate of drug-likeness (QED) is 0.711. The van der Waals surface area contributed by atoms with Crippen LogP contribution >= 0.6 is 11.6 Å². The van der Waals surface area contributed by atoms with Gasteiger partial charge in [0.15, 0.2) is 0 Å². The number of ether oxygens (including phenoxy) is 1. The summed E-state index contributed by atoms with van der Waals surface area (Å²) in [4.78, 5) is 11.9. The number of hydrogen-bond donors (Lipinski definition) is 2. The summed E-state index contributed by atoms with van der Waals surface area (Å²) in [6.07, 6.45) is 1.75. The molecule has 0 aliphatic heterocycles. The van der Waals surface area contributed by atoms with Gasteiger partial charge in [-0.3, -0.25) is 9.52 Å². The lowest BCUT2D eigenvalue weighted by atomic mass is 10.2. The summed E-state index contributed by atoms with van der Waals surface area (Å²) >= 11 is 5.96. The molecule has 21 heavy (non-hydrogen) atoms. The zero-order chi connectivity index (χ0) is 15.9. The van der Waals surface area contributed by atoms with Gasteiger partial charge in [-0.15, -0.1) is 0 Å². The predicted octanol–water partition coefficient (Wildman–Crippen LogP) is 1.87. The minimum atomic E-state index is -3.40. The van der Waals surface area contributed by atoms with E-state index in [1.807, 2.05) is 6.92 Å². The lowest BCUT2D eigenvalue weighted by Crippen LogP contribution is -2.25. The fraction of sp³-hybridized carbons (Fsp3) is 0.462. The van der Waals surface area contributed by atoms with Crippen molar-refractivity contribution in [3.8, 4) is 0 Å². The molecule has 1 amide bonds. The van der Waals surface area contributed by atoms with E-state index in [0.717, 1.165) is 12.7 Å². The van der Waals surface area contributed by atoms with Gasteiger partial charge in [-0.25, -0.2) is 8.42 Å². The van der Waals surface area contributed by atoms with Gasteiger partial charge in [0.1, 0.15) is 0 Å². The molecule has 0 aromatic heterocycles. The SMILES string of the molecule is CCOCCCNC(=O)c1ccc(NS(C)(=O)=O)c(Cl)c1. The van der Waals surface area contributed by atoms with Gasteiger partial charge >= 0.3 is 0 Å². The first-order valence-corrected chi connectivity index (χ1v) is 8.73. The number of carbonyl (C=O) groups is 1. The monoisotopic (exact) mass is 334 g/mol. The Bertz CT molecular complexity index is 590. The molecule has 0 unspecified atom stereocenters. The van der Waals surface area contributed by atoms with E-state index in [4.69, 9.17) is 16.3 Å². The number of halogens is 1. The molecular formula is C13H19ClN2O4S. The summed E-state index contributed by atoms with van der Waals surface area (Å²) in [6, 6.07) is 4.39. The summed E-state index contributed by atoms with van der Waals surface area (Å²) in [5, 5.41) is 2.91. The highest BCUT2D eigenvalue weighted by Gasteiger charge is 2.10. The van der Waals surface area contributed by atoms with E-state index in [-0.39, 0.29) is 16.6 Å². The number of hydrogen-bond acceptors (Lipinski definition) is 4. The van der Waals surface area contributed by atoms with Crippen LogP contribution in [-0.4, -0.2) is 40.3 Å². The van der Waals surface area contributed by atoms with Gasteiger partial charge in [0.2, 0.25) is 10.0 Å². The van der Waals surface area contributed by atoms with Crippen LogP contribution in [0.3, 0.4) is 0 Å². The molecule has 0 fully saturated rings. The van der Waals surface area contributed by atoms with Crippen LogP contribution in [0.4, 0.5) is 5.69 Å². The smallest absolute Gasteiger partial charge is 0.251 e. The second-order valence-corrected chi connectivity index (χ2v) is 6.53. The predicted molar refractivity (Wildman–Crippen MR) is 83.4 cm³/mol. The van der Waals surface area contributed by atoms with Crippen molar-refractivity contribution in [3.63, 3.8) is 0 Å². The summed E-state index contributed by atoms with van der Waals surface area (Å²) in [5.41, 5.74) is 0.613. The topological polar surface area (TPSA) is 84.5 Å². The molecule has 2 N–H and O–H groups in total. The number of sulfonamides is 1. The summed E-state index contributed by atoms with van der Waals surface area (Å²) in [7, 11) is -3.40. The highest BCUT2D eigenvalue weighted by Crippen LogP contribution is 2.23. The van der Waals surface area contributed by atoms with Crippen LogP contribution in [0.2, 0.25) is 5.02 Å². The third-order valence-corrected chi connectivity index (χ3v) is 3.39. The normalized spacial score (nSPS) is 11.2. The summed E-state index contributed by atoms with van der Waals surface area (Å²) in [5.74, 6) is -0.265. The van der Waals surface area contributed by atoms with Crippen molar-refractivity contribution in [2.24, 2.45) is 0 Å². The Kier molecular flexibility index (Phi) is 6.94. The Morgan fingerprint density at radius 1 is 1.38 bits per heavy atom. The molecule has 0 aliphatic rings. The Hall–Kier alpha value is -1.31. The van der Waals surface area contributed by atoms with Crippen LogP contribution in [0.1, 0.15) is 23.7 Å². The molecule has 1 aromatic carbocycles. The van der Waals surface area contributed by atoms with Crippen LogP contribution in [0, 0.1) is 0 Å². The van der Waals surface area contributed by atoms with Crippen molar-refractivity contribution in [2.45, 2.75) is 13.3 Å². The maximum absolute atomic E-state index is 11.9. The number of amides is 1. The molecule has 0 saturated carbocycles. The second-order valence-electron chi connectivity index (χ2n) is 4.38. The molecule has 0 saturated heterocycles. The molecule has 0 aliphatic carbocycles. The molecule has 0 heterocycles. The van der Waals surface area contributed by atoms with Gasteiger partial charge in [0.25, 0.3) is 5.91 Å². The maximum atomic E-state index is 11.9. The van der Waals surface area contributed by atoms with E-state index in [1.54, 1.807) is 0 Å². The van der Waals surface area contributed by atoms with E-state index < -0.39 is 10.0 Å². The van der Waals surface area contributed by atoms with Crippen LogP contribution < -0.4 is 10.0 Å². The Balaban J connectivity index is 2.60. The maximum Gasteiger partial charge on any atom is 0.251 e. The highest BCUT2D eigenvalue weighted by atomic mass is 35.5. The zero-order valence-corrected chi connectivity index (χ0v) is 13.6. The van der Waals surface area contributed by atoms with E-state index in [1.165, 1.54) is 18.2 Å². The van der Waals surface area contributed by atoms with E-state index >= 15 is 0 Å². The molecule has 8 heteroatoms. The van der Waals surface area contributed by atoms with Gasteiger partial charge < -0.3 is 10.1 Å². The van der Waals surface area contributed by atoms with E-state index in [9.17, 15) is 13.2 Å². The molecule has 6 nitrogen and oxygen atoms in total. The number of nitrogens with one attached hydrogen (secondary N) is 2. The number of anilines is 1. The van der Waals surface area contributed by atoms with Crippen molar-refractivity contribution in [1.29, 1.82) is 0 Å². The van der Waals surface area contributed by atoms with Gasteiger partial charge in [0.05, 0.1) is 17.0 Å². The first-order chi connectivity index (χ1) is 9.83. The first-order valence-electron chi connectivity index (χ1n) is 6.46. The number of benzene rings is 1. The minimum absolute atomic E-state index is 0.169. The fourth-order valence-electron chi connectivity index (χ4n) is 1.56. The largest absolute Gasteiger partial charge is 0.382 e. The number of rotatable bonds is 8. The van der Waals surface area contributed by atoms with Crippen molar-refractivity contribution in [3.05, 3.63) is 28.8 Å². The standard InChI is InChI=1S/C13H19ClN2O4S/c1-3-20-8-4-7-15-13(17)10-5-6-12(11(14)9-10)16-21(2,18)19/h5-6,9,16H,3-4,7-8H2,1-2H3,(H,15,17). The van der Waals surface area contributed by atoms with Crippen LogP contribution in [0.15, 0.2) is 18.2 Å². The molecule has 1 rings (SSSR count). The Morgan fingerprint density at radius 2 is 2.10 bits per heavy atom. The third-order valence-electron chi connectivity index (χ3n) is 2.48. The lowest BCUT2D eigenvalue weighted by Gasteiger charge is -2.09. The van der Waals surface area contributed by atoms with Crippen molar-refractivity contribution in [1.82, 2.24) is 5.32 Å². The van der Waals surface area contributed by atoms with E-state index in [2.05, 4.69) is 10.0 Å². The number of carbonyl (C=O) groups excluding carboxylic acids is 1. The van der Waals surface area contributed by atoms with Crippen LogP contribution in [0.5, 0.6) is 0 Å². The molecule has 1 aromatic rings. The molecule has 0 atom stereocenters. The average molecular weight is 335 g/mol. The zero-order valence-electron chi connectivity index (χ0n) is 12.0. The fourth-order valence-corrected chi connectivity index (χ4v) is 2.42. The van der Waals surface area contributed by atoms with Crippen LogP contribution in [-0.2, 0) is 14.8 Å². The third kappa shape index (κ3) is 6.79. The van der Waals surface area contributed by atoms with Crippen molar-refractivity contribution >= 4 is 33.2 Å². The van der Waals surface area contributed by atoms with Crippen LogP contribution in [0.25, 0.3) is 0 Å². The van der Waals surface area contributed by atoms with Crippen molar-refractivity contribution in [2.75, 3.05) is 30.7 Å². The van der Waals surface area contributed by atoms with Crippen molar-refractivity contribution < 1.29 is 17.9 Å². The molecule has 0 radical (unpaired) electrons. The van der Waals surface area contributed by atoms with Gasteiger partial charge in [0, 0.05) is 25.3 Å². The molecule has 0 bridgehead atoms. The molecule has 118 valence electrons. The average Bonchev–Trinajstić information content (AvgIpc) is 2.39. The second kappa shape index (κ2) is 8.21. The van der Waals surface area contributed by atoms with Gasteiger partial charge in [-0.2, -0.15) is 0 Å². The summed E-state index contributed by atoms with van der Waals surface area (Å²) < 4.78 is 29.7. The molecular weight excluding hydrogens is 316 g/mol. The highest BCUT2D eigenvalue weighted by molar-refractivity contribution is 7.92. The Morgan fingerprint density at radius 3 is 2.67 bits per heavy atom. The molecule has 0 spiro atoms. The Labute approximate surface area is 129 Å². The van der Waals surface area contributed by atoms with Gasteiger partial charge in [-0.1, -0.05) is 11.6 Å². The lowest BCUT2D eigenvalue weighted by molar-refractivity contribution is 0.0944. The van der Waals surface area contributed by atoms with E-state index in [0.29, 0.717) is 25.3 Å².